The first-order valence-corrected chi connectivity index (χ1v) is 12.8. The standard InChI is InChI=1S/C29H36N4O2/c1-31(2)29(25-10-4-3-5-11-25)16-14-27(15-17-29)21-32(20-24-9-6-8-23(18-24)19-30)26(34)33(27)22-28(35)12-7-13-28/h3-6,8-11,18,35H,7,12-17,20-22H2,1-2H3/t27-,29+. The van der Waals surface area contributed by atoms with E-state index in [1.54, 1.807) is 6.07 Å². The summed E-state index contributed by atoms with van der Waals surface area (Å²) in [6, 6.07) is 20.5. The van der Waals surface area contributed by atoms with Crippen LogP contribution in [-0.4, -0.2) is 64.2 Å². The average Bonchev–Trinajstić information content (AvgIpc) is 3.09. The van der Waals surface area contributed by atoms with Gasteiger partial charge in [0.15, 0.2) is 0 Å². The number of amides is 2. The minimum Gasteiger partial charge on any atom is -0.388 e. The minimum absolute atomic E-state index is 0.0183. The van der Waals surface area contributed by atoms with Crippen LogP contribution in [0.5, 0.6) is 0 Å². The van der Waals surface area contributed by atoms with Gasteiger partial charge in [-0.2, -0.15) is 5.26 Å². The Morgan fingerprint density at radius 3 is 2.31 bits per heavy atom. The van der Waals surface area contributed by atoms with Crippen LogP contribution in [0.25, 0.3) is 0 Å². The molecule has 3 fully saturated rings. The maximum Gasteiger partial charge on any atom is 0.321 e. The van der Waals surface area contributed by atoms with Gasteiger partial charge in [-0.25, -0.2) is 4.79 Å². The number of rotatable bonds is 6. The van der Waals surface area contributed by atoms with Crippen LogP contribution >= 0.6 is 0 Å². The Balaban J connectivity index is 1.42. The Labute approximate surface area is 208 Å². The lowest BCUT2D eigenvalue weighted by Crippen LogP contribution is -2.59. The van der Waals surface area contributed by atoms with Gasteiger partial charge in [-0.15, -0.1) is 0 Å². The molecule has 1 heterocycles. The second-order valence-electron chi connectivity index (χ2n) is 11.1. The molecule has 1 N–H and O–H groups in total. The van der Waals surface area contributed by atoms with Gasteiger partial charge in [0, 0.05) is 18.6 Å². The van der Waals surface area contributed by atoms with Crippen LogP contribution in [-0.2, 0) is 12.1 Å². The fourth-order valence-electron chi connectivity index (χ4n) is 6.54. The van der Waals surface area contributed by atoms with E-state index in [9.17, 15) is 15.2 Å². The molecule has 1 spiro atoms. The molecule has 0 aromatic heterocycles. The van der Waals surface area contributed by atoms with Crippen molar-refractivity contribution in [2.75, 3.05) is 27.2 Å². The molecular formula is C29H36N4O2. The molecule has 2 amide bonds. The van der Waals surface area contributed by atoms with Gasteiger partial charge < -0.3 is 14.9 Å². The lowest BCUT2D eigenvalue weighted by atomic mass is 9.67. The molecule has 2 aliphatic carbocycles. The Hall–Kier alpha value is -2.88. The summed E-state index contributed by atoms with van der Waals surface area (Å²) in [6.45, 7) is 1.57. The van der Waals surface area contributed by atoms with E-state index in [2.05, 4.69) is 55.4 Å². The van der Waals surface area contributed by atoms with Crippen molar-refractivity contribution in [3.05, 3.63) is 71.3 Å². The SMILES string of the molecule is CN(C)[C@]1(c2ccccc2)CC[C@]2(CC1)CN(Cc1cccc(C#N)c1)C(=O)N2CC1(O)CCC1. The molecule has 2 aromatic rings. The van der Waals surface area contributed by atoms with Crippen LogP contribution < -0.4 is 0 Å². The fourth-order valence-corrected chi connectivity index (χ4v) is 6.54. The van der Waals surface area contributed by atoms with E-state index in [1.807, 2.05) is 28.0 Å². The molecule has 1 saturated heterocycles. The Morgan fingerprint density at radius 1 is 1.00 bits per heavy atom. The Morgan fingerprint density at radius 2 is 1.71 bits per heavy atom. The third-order valence-electron chi connectivity index (χ3n) is 8.90. The average molecular weight is 473 g/mol. The highest BCUT2D eigenvalue weighted by Gasteiger charge is 2.56. The zero-order valence-electron chi connectivity index (χ0n) is 20.9. The highest BCUT2D eigenvalue weighted by atomic mass is 16.3. The third kappa shape index (κ3) is 4.22. The number of nitrogens with zero attached hydrogens (tertiary/aromatic N) is 4. The van der Waals surface area contributed by atoms with E-state index < -0.39 is 5.60 Å². The summed E-state index contributed by atoms with van der Waals surface area (Å²) in [5.41, 5.74) is 1.83. The number of hydrogen-bond donors (Lipinski definition) is 1. The molecule has 0 atom stereocenters. The van der Waals surface area contributed by atoms with Gasteiger partial charge in [0.05, 0.1) is 29.3 Å². The van der Waals surface area contributed by atoms with Gasteiger partial charge in [0.1, 0.15) is 0 Å². The third-order valence-corrected chi connectivity index (χ3v) is 8.90. The number of benzene rings is 2. The molecule has 6 heteroatoms. The smallest absolute Gasteiger partial charge is 0.321 e. The van der Waals surface area contributed by atoms with Gasteiger partial charge >= 0.3 is 6.03 Å². The summed E-state index contributed by atoms with van der Waals surface area (Å²) in [5, 5.41) is 20.4. The largest absolute Gasteiger partial charge is 0.388 e. The highest BCUT2D eigenvalue weighted by Crippen LogP contribution is 2.50. The summed E-state index contributed by atoms with van der Waals surface area (Å²) in [7, 11) is 4.32. The number of β-amino-alcohol motifs (C(OH)–C–C–N with tert-alkyl or cyclic N) is 1. The molecule has 35 heavy (non-hydrogen) atoms. The van der Waals surface area contributed by atoms with Crippen molar-refractivity contribution >= 4 is 6.03 Å². The number of hydrogen-bond acceptors (Lipinski definition) is 4. The molecule has 0 radical (unpaired) electrons. The maximum atomic E-state index is 13.8. The quantitative estimate of drug-likeness (QED) is 0.673. The summed E-state index contributed by atoms with van der Waals surface area (Å²) >= 11 is 0. The number of urea groups is 1. The molecule has 2 aromatic carbocycles. The highest BCUT2D eigenvalue weighted by molar-refractivity contribution is 5.78. The predicted molar refractivity (Wildman–Crippen MR) is 135 cm³/mol. The summed E-state index contributed by atoms with van der Waals surface area (Å²) in [4.78, 5) is 20.1. The fraction of sp³-hybridized carbons (Fsp3) is 0.517. The van der Waals surface area contributed by atoms with Crippen molar-refractivity contribution in [2.24, 2.45) is 0 Å². The van der Waals surface area contributed by atoms with Crippen LogP contribution in [0.3, 0.4) is 0 Å². The summed E-state index contributed by atoms with van der Waals surface area (Å²) in [5.74, 6) is 0. The van der Waals surface area contributed by atoms with E-state index >= 15 is 0 Å². The number of nitriles is 1. The first-order valence-electron chi connectivity index (χ1n) is 12.8. The normalized spacial score (nSPS) is 27.8. The van der Waals surface area contributed by atoms with Gasteiger partial charge in [0.2, 0.25) is 0 Å². The van der Waals surface area contributed by atoms with Crippen LogP contribution in [0.15, 0.2) is 54.6 Å². The molecule has 3 aliphatic rings. The van der Waals surface area contributed by atoms with Crippen LogP contribution in [0.4, 0.5) is 4.79 Å². The summed E-state index contributed by atoms with van der Waals surface area (Å²) < 4.78 is 0. The van der Waals surface area contributed by atoms with Crippen molar-refractivity contribution < 1.29 is 9.90 Å². The molecule has 184 valence electrons. The monoisotopic (exact) mass is 472 g/mol. The topological polar surface area (TPSA) is 70.8 Å². The van der Waals surface area contributed by atoms with Crippen LogP contribution in [0, 0.1) is 11.3 Å². The first kappa shape index (κ1) is 23.8. The van der Waals surface area contributed by atoms with E-state index in [4.69, 9.17) is 0 Å². The van der Waals surface area contributed by atoms with Gasteiger partial charge in [-0.05, 0) is 82.3 Å². The van der Waals surface area contributed by atoms with Gasteiger partial charge in [0.25, 0.3) is 0 Å². The maximum absolute atomic E-state index is 13.8. The van der Waals surface area contributed by atoms with Crippen LogP contribution in [0.2, 0.25) is 0 Å². The molecule has 5 rings (SSSR count). The zero-order valence-corrected chi connectivity index (χ0v) is 20.9. The van der Waals surface area contributed by atoms with Crippen LogP contribution in [0.1, 0.15) is 61.6 Å². The molecule has 0 bridgehead atoms. The number of aliphatic hydroxyl groups is 1. The van der Waals surface area contributed by atoms with Crippen molar-refractivity contribution in [2.45, 2.75) is 68.2 Å². The molecule has 2 saturated carbocycles. The number of carbonyl (C=O) groups is 1. The Bertz CT molecular complexity index is 1110. The molecule has 0 unspecified atom stereocenters. The number of carbonyl (C=O) groups excluding carboxylic acids is 1. The minimum atomic E-state index is -0.755. The second-order valence-corrected chi connectivity index (χ2v) is 11.1. The van der Waals surface area contributed by atoms with Gasteiger partial charge in [-0.1, -0.05) is 42.5 Å². The Kier molecular flexibility index (Phi) is 6.11. The molecule has 1 aliphatic heterocycles. The summed E-state index contributed by atoms with van der Waals surface area (Å²) in [6.07, 6.45) is 6.28. The predicted octanol–water partition coefficient (Wildman–Crippen LogP) is 4.48. The van der Waals surface area contributed by atoms with Crippen molar-refractivity contribution in [3.8, 4) is 6.07 Å². The van der Waals surface area contributed by atoms with Crippen molar-refractivity contribution in [1.29, 1.82) is 5.26 Å². The van der Waals surface area contributed by atoms with Crippen molar-refractivity contribution in [1.82, 2.24) is 14.7 Å². The lowest BCUT2D eigenvalue weighted by molar-refractivity contribution is -0.0725. The van der Waals surface area contributed by atoms with Crippen molar-refractivity contribution in [3.63, 3.8) is 0 Å². The van der Waals surface area contributed by atoms with E-state index in [0.717, 1.165) is 50.5 Å². The van der Waals surface area contributed by atoms with E-state index in [-0.39, 0.29) is 17.1 Å². The van der Waals surface area contributed by atoms with E-state index in [0.29, 0.717) is 25.2 Å². The zero-order chi connectivity index (χ0) is 24.7. The van der Waals surface area contributed by atoms with E-state index in [1.165, 1.54) is 5.56 Å². The second kappa shape index (κ2) is 8.96. The lowest BCUT2D eigenvalue weighted by Gasteiger charge is -2.52. The molecule has 6 nitrogen and oxygen atoms in total. The van der Waals surface area contributed by atoms with Gasteiger partial charge in [-0.3, -0.25) is 4.90 Å². The molecular weight excluding hydrogens is 436 g/mol. The first-order chi connectivity index (χ1) is 16.8.